The van der Waals surface area contributed by atoms with E-state index in [-0.39, 0.29) is 6.10 Å². The van der Waals surface area contributed by atoms with E-state index in [1.54, 1.807) is 0 Å². The molecule has 0 radical (unpaired) electrons. The molecular weight excluding hydrogens is 168 g/mol. The van der Waals surface area contributed by atoms with Gasteiger partial charge < -0.3 is 16.3 Å². The second-order valence-corrected chi connectivity index (χ2v) is 3.21. The molecule has 1 aliphatic heterocycles. The molecule has 0 spiro atoms. The van der Waals surface area contributed by atoms with Gasteiger partial charge in [-0.2, -0.15) is 5.10 Å². The largest absolute Gasteiger partial charge is 0.383 e. The molecule has 13 heavy (non-hydrogen) atoms. The molecule has 4 N–H and O–H groups in total. The Morgan fingerprint density at radius 1 is 1.69 bits per heavy atom. The van der Waals surface area contributed by atoms with E-state index in [1.165, 1.54) is 0 Å². The van der Waals surface area contributed by atoms with Crippen LogP contribution in [0.3, 0.4) is 0 Å². The molecule has 1 saturated heterocycles. The van der Waals surface area contributed by atoms with Crippen molar-refractivity contribution in [1.29, 1.82) is 0 Å². The van der Waals surface area contributed by atoms with Crippen LogP contribution < -0.4 is 11.6 Å². The predicted molar refractivity (Wildman–Crippen MR) is 52.3 cm³/mol. The predicted octanol–water partition coefficient (Wildman–Crippen LogP) is -0.672. The van der Waals surface area contributed by atoms with Gasteiger partial charge in [0.05, 0.1) is 6.61 Å². The first-order valence-electron chi connectivity index (χ1n) is 4.65. The van der Waals surface area contributed by atoms with Crippen LogP contribution in [0.25, 0.3) is 0 Å². The summed E-state index contributed by atoms with van der Waals surface area (Å²) in [4.78, 5) is 2.31. The van der Waals surface area contributed by atoms with Crippen molar-refractivity contribution in [2.45, 2.75) is 19.4 Å². The highest BCUT2D eigenvalue weighted by molar-refractivity contribution is 5.84. The number of morpholine rings is 1. The molecule has 1 atom stereocenters. The number of nitrogens with two attached hydrogens (primary N) is 2. The summed E-state index contributed by atoms with van der Waals surface area (Å²) < 4.78 is 5.43. The number of rotatable bonds is 3. The van der Waals surface area contributed by atoms with Gasteiger partial charge in [0.15, 0.2) is 0 Å². The molecule has 1 fully saturated rings. The van der Waals surface area contributed by atoms with Gasteiger partial charge in [0.25, 0.3) is 0 Å². The molecule has 5 nitrogen and oxygen atoms in total. The molecule has 1 rings (SSSR count). The summed E-state index contributed by atoms with van der Waals surface area (Å²) in [5.74, 6) is 5.48. The Kier molecular flexibility index (Phi) is 3.98. The quantitative estimate of drug-likeness (QED) is 0.265. The van der Waals surface area contributed by atoms with E-state index in [2.05, 4.69) is 16.9 Å². The van der Waals surface area contributed by atoms with Crippen molar-refractivity contribution in [3.05, 3.63) is 0 Å². The van der Waals surface area contributed by atoms with Crippen LogP contribution in [0.15, 0.2) is 5.10 Å². The Balaban J connectivity index is 2.41. The van der Waals surface area contributed by atoms with E-state index in [9.17, 15) is 0 Å². The molecule has 0 aromatic rings. The highest BCUT2D eigenvalue weighted by Gasteiger charge is 2.22. The van der Waals surface area contributed by atoms with Gasteiger partial charge in [0, 0.05) is 13.1 Å². The van der Waals surface area contributed by atoms with Gasteiger partial charge in [-0.15, -0.1) is 0 Å². The third-order valence-electron chi connectivity index (χ3n) is 2.17. The van der Waals surface area contributed by atoms with Crippen LogP contribution in [-0.2, 0) is 4.74 Å². The normalized spacial score (nSPS) is 26.2. The average Bonchev–Trinajstić information content (AvgIpc) is 2.18. The summed E-state index contributed by atoms with van der Waals surface area (Å²) in [7, 11) is 0. The molecule has 0 saturated carbocycles. The standard InChI is InChI=1S/C8H18N4O/c1-2-3-12-4-5-13-7(6-12)8(9)11-10/h7H,2-6,10H2,1H3,(H2,9,11). The number of amidine groups is 1. The zero-order valence-electron chi connectivity index (χ0n) is 8.07. The van der Waals surface area contributed by atoms with Crippen molar-refractivity contribution in [2.75, 3.05) is 26.2 Å². The van der Waals surface area contributed by atoms with Crippen LogP contribution in [-0.4, -0.2) is 43.1 Å². The number of hydrazone groups is 1. The molecule has 0 aromatic carbocycles. The van der Waals surface area contributed by atoms with E-state index >= 15 is 0 Å². The van der Waals surface area contributed by atoms with Gasteiger partial charge in [0.2, 0.25) is 0 Å². The highest BCUT2D eigenvalue weighted by Crippen LogP contribution is 2.05. The van der Waals surface area contributed by atoms with Crippen LogP contribution in [0.4, 0.5) is 0 Å². The van der Waals surface area contributed by atoms with Crippen molar-refractivity contribution in [1.82, 2.24) is 4.90 Å². The van der Waals surface area contributed by atoms with Gasteiger partial charge in [-0.25, -0.2) is 0 Å². The maximum absolute atomic E-state index is 5.58. The molecule has 0 amide bonds. The molecule has 1 heterocycles. The lowest BCUT2D eigenvalue weighted by Crippen LogP contribution is -2.48. The van der Waals surface area contributed by atoms with E-state index in [4.69, 9.17) is 16.3 Å². The second-order valence-electron chi connectivity index (χ2n) is 3.21. The van der Waals surface area contributed by atoms with Crippen LogP contribution in [0.2, 0.25) is 0 Å². The molecule has 0 bridgehead atoms. The summed E-state index contributed by atoms with van der Waals surface area (Å²) in [6.45, 7) is 5.73. The fourth-order valence-corrected chi connectivity index (χ4v) is 1.48. The number of ether oxygens (including phenoxy) is 1. The van der Waals surface area contributed by atoms with Crippen LogP contribution in [0.1, 0.15) is 13.3 Å². The van der Waals surface area contributed by atoms with Crippen molar-refractivity contribution >= 4 is 5.84 Å². The average molecular weight is 186 g/mol. The monoisotopic (exact) mass is 186 g/mol. The van der Waals surface area contributed by atoms with E-state index in [0.717, 1.165) is 26.1 Å². The molecule has 1 unspecified atom stereocenters. The second kappa shape index (κ2) is 5.04. The van der Waals surface area contributed by atoms with Crippen LogP contribution in [0, 0.1) is 0 Å². The fourth-order valence-electron chi connectivity index (χ4n) is 1.48. The lowest BCUT2D eigenvalue weighted by Gasteiger charge is -2.31. The minimum atomic E-state index is -0.120. The van der Waals surface area contributed by atoms with Gasteiger partial charge in [-0.05, 0) is 13.0 Å². The molecule has 0 aromatic heterocycles. The van der Waals surface area contributed by atoms with Gasteiger partial charge in [0.1, 0.15) is 11.9 Å². The molecule has 0 aliphatic carbocycles. The maximum Gasteiger partial charge on any atom is 0.149 e. The third kappa shape index (κ3) is 2.86. The maximum atomic E-state index is 5.58. The minimum Gasteiger partial charge on any atom is -0.383 e. The van der Waals surface area contributed by atoms with Crippen molar-refractivity contribution < 1.29 is 4.74 Å². The minimum absolute atomic E-state index is 0.120. The van der Waals surface area contributed by atoms with Crippen LogP contribution in [0.5, 0.6) is 0 Å². The number of hydrogen-bond donors (Lipinski definition) is 2. The summed E-state index contributed by atoms with van der Waals surface area (Å²) in [6.07, 6.45) is 1.03. The lowest BCUT2D eigenvalue weighted by atomic mass is 10.2. The third-order valence-corrected chi connectivity index (χ3v) is 2.17. The highest BCUT2D eigenvalue weighted by atomic mass is 16.5. The molecule has 5 heteroatoms. The van der Waals surface area contributed by atoms with E-state index in [0.29, 0.717) is 12.4 Å². The number of hydrogen-bond acceptors (Lipinski definition) is 4. The van der Waals surface area contributed by atoms with Crippen molar-refractivity contribution in [3.63, 3.8) is 0 Å². The molecule has 76 valence electrons. The van der Waals surface area contributed by atoms with Gasteiger partial charge in [-0.1, -0.05) is 6.92 Å². The zero-order chi connectivity index (χ0) is 9.68. The SMILES string of the molecule is CCCN1CCOC(/C(N)=N/N)C1. The summed E-state index contributed by atoms with van der Waals surface area (Å²) in [6, 6.07) is 0. The lowest BCUT2D eigenvalue weighted by molar-refractivity contribution is 0.00605. The first-order valence-corrected chi connectivity index (χ1v) is 4.65. The summed E-state index contributed by atoms with van der Waals surface area (Å²) in [5, 5.41) is 3.45. The first-order chi connectivity index (χ1) is 6.27. The smallest absolute Gasteiger partial charge is 0.149 e. The Morgan fingerprint density at radius 2 is 2.46 bits per heavy atom. The number of nitrogens with zero attached hydrogens (tertiary/aromatic N) is 2. The Labute approximate surface area is 78.7 Å². The molecular formula is C8H18N4O. The summed E-state index contributed by atoms with van der Waals surface area (Å²) >= 11 is 0. The van der Waals surface area contributed by atoms with Crippen molar-refractivity contribution in [3.8, 4) is 0 Å². The Hall–Kier alpha value is -0.810. The van der Waals surface area contributed by atoms with Crippen molar-refractivity contribution in [2.24, 2.45) is 16.7 Å². The zero-order valence-corrected chi connectivity index (χ0v) is 8.07. The van der Waals surface area contributed by atoms with E-state index in [1.807, 2.05) is 0 Å². The first kappa shape index (κ1) is 10.3. The fraction of sp³-hybridized carbons (Fsp3) is 0.875. The van der Waals surface area contributed by atoms with Gasteiger partial charge >= 0.3 is 0 Å². The van der Waals surface area contributed by atoms with Gasteiger partial charge in [-0.3, -0.25) is 4.90 Å². The van der Waals surface area contributed by atoms with E-state index < -0.39 is 0 Å². The molecule has 1 aliphatic rings. The Morgan fingerprint density at radius 3 is 3.08 bits per heavy atom. The topological polar surface area (TPSA) is 76.9 Å². The Bertz CT molecular complexity index is 181. The van der Waals surface area contributed by atoms with Crippen LogP contribution >= 0.6 is 0 Å². The summed E-state index contributed by atoms with van der Waals surface area (Å²) in [5.41, 5.74) is 5.58.